The Morgan fingerprint density at radius 1 is 1.33 bits per heavy atom. The summed E-state index contributed by atoms with van der Waals surface area (Å²) in [5.41, 5.74) is 7.12. The smallest absolute Gasteiger partial charge is 0.0859 e. The lowest BCUT2D eigenvalue weighted by molar-refractivity contribution is 0.0788. The van der Waals surface area contributed by atoms with Crippen molar-refractivity contribution in [2.75, 3.05) is 19.8 Å². The van der Waals surface area contributed by atoms with Gasteiger partial charge < -0.3 is 15.2 Å². The molecule has 3 rings (SSSR count). The molecule has 1 aromatic carbocycles. The van der Waals surface area contributed by atoms with Gasteiger partial charge in [-0.1, -0.05) is 55.9 Å². The number of rotatable bonds is 10. The summed E-state index contributed by atoms with van der Waals surface area (Å²) in [6.07, 6.45) is 13.4. The second kappa shape index (κ2) is 11.0. The summed E-state index contributed by atoms with van der Waals surface area (Å²) >= 11 is 0. The van der Waals surface area contributed by atoms with Crippen molar-refractivity contribution in [1.29, 1.82) is 0 Å². The highest BCUT2D eigenvalue weighted by atomic mass is 16.5. The standard InChI is InChI=1S/C27H33NO2/c1-4-17-30-18-15-25(29)14-16-28-24-13-10-20(3)26-23(19-24)12-11-22-9-7-6-8-21(5-2)27(22)26/h5-8,11-12,19-20,25,28-29H,2,4,9,14-18H2,1,3H3. The molecule has 30 heavy (non-hydrogen) atoms. The van der Waals surface area contributed by atoms with Crippen LogP contribution in [-0.2, 0) is 11.2 Å². The lowest BCUT2D eigenvalue weighted by Crippen LogP contribution is -2.20. The topological polar surface area (TPSA) is 41.5 Å². The van der Waals surface area contributed by atoms with Crippen LogP contribution in [0, 0.1) is 11.8 Å². The maximum Gasteiger partial charge on any atom is 0.0859 e. The second-order valence-electron chi connectivity index (χ2n) is 7.88. The molecule has 158 valence electrons. The fraction of sp³-hybridized carbons (Fsp3) is 0.407. The van der Waals surface area contributed by atoms with Crippen molar-refractivity contribution < 1.29 is 9.84 Å². The number of ether oxygens (including phenoxy) is 1. The molecule has 1 aromatic rings. The Morgan fingerprint density at radius 3 is 3.00 bits per heavy atom. The molecular formula is C27H33NO2. The van der Waals surface area contributed by atoms with Crippen molar-refractivity contribution >= 4 is 11.6 Å². The molecule has 0 aliphatic heterocycles. The zero-order valence-corrected chi connectivity index (χ0v) is 18.2. The molecule has 2 atom stereocenters. The minimum Gasteiger partial charge on any atom is -0.393 e. The molecule has 0 saturated heterocycles. The van der Waals surface area contributed by atoms with Crippen LogP contribution in [0.1, 0.15) is 61.3 Å². The largest absolute Gasteiger partial charge is 0.393 e. The van der Waals surface area contributed by atoms with Crippen molar-refractivity contribution in [2.45, 2.75) is 51.6 Å². The first-order valence-electron chi connectivity index (χ1n) is 11.0. The van der Waals surface area contributed by atoms with E-state index in [1.165, 1.54) is 22.3 Å². The van der Waals surface area contributed by atoms with Gasteiger partial charge in [-0.15, -0.1) is 0 Å². The van der Waals surface area contributed by atoms with Gasteiger partial charge >= 0.3 is 0 Å². The van der Waals surface area contributed by atoms with E-state index in [0.29, 0.717) is 26.0 Å². The van der Waals surface area contributed by atoms with Gasteiger partial charge in [-0.2, -0.15) is 0 Å². The predicted octanol–water partition coefficient (Wildman–Crippen LogP) is 4.99. The normalized spacial score (nSPS) is 17.9. The maximum atomic E-state index is 10.2. The van der Waals surface area contributed by atoms with Gasteiger partial charge in [0.05, 0.1) is 11.8 Å². The molecule has 3 nitrogen and oxygen atoms in total. The third-order valence-corrected chi connectivity index (χ3v) is 5.52. The highest BCUT2D eigenvalue weighted by Crippen LogP contribution is 2.36. The quantitative estimate of drug-likeness (QED) is 0.427. The van der Waals surface area contributed by atoms with Crippen LogP contribution in [-0.4, -0.2) is 31.0 Å². The Kier molecular flexibility index (Phi) is 8.13. The average Bonchev–Trinajstić information content (AvgIpc) is 3.05. The number of fused-ring (bicyclic) bond motifs is 3. The molecular weight excluding hydrogens is 370 g/mol. The fourth-order valence-electron chi connectivity index (χ4n) is 3.93. The van der Waals surface area contributed by atoms with Gasteiger partial charge in [-0.3, -0.25) is 0 Å². The molecule has 0 fully saturated rings. The van der Waals surface area contributed by atoms with Gasteiger partial charge in [-0.05, 0) is 72.4 Å². The SMILES string of the molecule is C=CC1=CC=CCc2ccc3c(c21)C(C)C#CC(NCCC(O)CCOCCC)=C3. The highest BCUT2D eigenvalue weighted by Gasteiger charge is 2.20. The van der Waals surface area contributed by atoms with Gasteiger partial charge in [-0.25, -0.2) is 0 Å². The van der Waals surface area contributed by atoms with Crippen LogP contribution < -0.4 is 5.32 Å². The Balaban J connectivity index is 1.72. The highest BCUT2D eigenvalue weighted by molar-refractivity contribution is 5.83. The molecule has 2 aliphatic carbocycles. The Morgan fingerprint density at radius 2 is 2.20 bits per heavy atom. The number of allylic oxidation sites excluding steroid dienone is 6. The monoisotopic (exact) mass is 403 g/mol. The van der Waals surface area contributed by atoms with Gasteiger partial charge in [0, 0.05) is 25.7 Å². The Bertz CT molecular complexity index is 911. The third kappa shape index (κ3) is 5.53. The fourth-order valence-corrected chi connectivity index (χ4v) is 3.93. The Labute approximate surface area is 181 Å². The predicted molar refractivity (Wildman–Crippen MR) is 126 cm³/mol. The first-order valence-corrected chi connectivity index (χ1v) is 11.0. The van der Waals surface area contributed by atoms with E-state index in [2.05, 4.69) is 74.0 Å². The van der Waals surface area contributed by atoms with Crippen LogP contribution >= 0.6 is 0 Å². The van der Waals surface area contributed by atoms with E-state index in [0.717, 1.165) is 30.7 Å². The van der Waals surface area contributed by atoms with Crippen LogP contribution in [0.25, 0.3) is 11.6 Å². The number of benzene rings is 1. The van der Waals surface area contributed by atoms with Crippen molar-refractivity contribution in [2.24, 2.45) is 0 Å². The van der Waals surface area contributed by atoms with E-state index in [1.807, 2.05) is 6.08 Å². The third-order valence-electron chi connectivity index (χ3n) is 5.52. The minimum atomic E-state index is -0.358. The first kappa shape index (κ1) is 22.2. The van der Waals surface area contributed by atoms with Crippen LogP contribution in [0.15, 0.2) is 48.7 Å². The van der Waals surface area contributed by atoms with E-state index in [9.17, 15) is 5.11 Å². The summed E-state index contributed by atoms with van der Waals surface area (Å²) in [6, 6.07) is 4.41. The van der Waals surface area contributed by atoms with Gasteiger partial charge in [0.1, 0.15) is 0 Å². The van der Waals surface area contributed by atoms with Gasteiger partial charge in [0.2, 0.25) is 0 Å². The van der Waals surface area contributed by atoms with Gasteiger partial charge in [0.25, 0.3) is 0 Å². The first-order chi connectivity index (χ1) is 14.6. The molecule has 2 aliphatic rings. The minimum absolute atomic E-state index is 0.133. The van der Waals surface area contributed by atoms with E-state index >= 15 is 0 Å². The van der Waals surface area contributed by atoms with E-state index in [4.69, 9.17) is 4.74 Å². The summed E-state index contributed by atoms with van der Waals surface area (Å²) in [6.45, 7) is 10.3. The molecule has 3 heteroatoms. The van der Waals surface area contributed by atoms with Crippen molar-refractivity contribution in [3.63, 3.8) is 0 Å². The summed E-state index contributed by atoms with van der Waals surface area (Å²) in [7, 11) is 0. The zero-order valence-electron chi connectivity index (χ0n) is 18.2. The summed E-state index contributed by atoms with van der Waals surface area (Å²) in [5.74, 6) is 6.84. The van der Waals surface area contributed by atoms with Crippen molar-refractivity contribution in [1.82, 2.24) is 5.32 Å². The molecule has 2 N–H and O–H groups in total. The average molecular weight is 404 g/mol. The summed E-state index contributed by atoms with van der Waals surface area (Å²) in [4.78, 5) is 0. The molecule has 0 radical (unpaired) electrons. The summed E-state index contributed by atoms with van der Waals surface area (Å²) in [5, 5.41) is 13.6. The molecule has 0 saturated carbocycles. The van der Waals surface area contributed by atoms with Crippen LogP contribution in [0.5, 0.6) is 0 Å². The van der Waals surface area contributed by atoms with E-state index in [1.54, 1.807) is 0 Å². The number of nitrogens with one attached hydrogen (secondary N) is 1. The molecule has 0 aromatic heterocycles. The van der Waals surface area contributed by atoms with E-state index in [-0.39, 0.29) is 12.0 Å². The number of aliphatic hydroxyl groups excluding tert-OH is 1. The lowest BCUT2D eigenvalue weighted by atomic mass is 9.84. The van der Waals surface area contributed by atoms with Crippen molar-refractivity contribution in [3.8, 4) is 11.8 Å². The molecule has 2 unspecified atom stereocenters. The van der Waals surface area contributed by atoms with E-state index < -0.39 is 0 Å². The number of aliphatic hydroxyl groups is 1. The van der Waals surface area contributed by atoms with Crippen LogP contribution in [0.2, 0.25) is 0 Å². The molecule has 0 heterocycles. The molecule has 0 amide bonds. The van der Waals surface area contributed by atoms with Gasteiger partial charge in [0.15, 0.2) is 0 Å². The number of hydrogen-bond donors (Lipinski definition) is 2. The van der Waals surface area contributed by atoms with Crippen molar-refractivity contribution in [3.05, 3.63) is 71.0 Å². The van der Waals surface area contributed by atoms with Crippen LogP contribution in [0.4, 0.5) is 0 Å². The zero-order chi connectivity index (χ0) is 21.3. The van der Waals surface area contributed by atoms with Crippen LogP contribution in [0.3, 0.4) is 0 Å². The molecule has 0 bridgehead atoms. The lowest BCUT2D eigenvalue weighted by Gasteiger charge is -2.19. The maximum absolute atomic E-state index is 10.2. The number of hydrogen-bond acceptors (Lipinski definition) is 3. The second-order valence-corrected chi connectivity index (χ2v) is 7.88. The summed E-state index contributed by atoms with van der Waals surface area (Å²) < 4.78 is 5.46. The molecule has 0 spiro atoms. The Hall–Kier alpha value is -2.54.